The van der Waals surface area contributed by atoms with E-state index in [1.54, 1.807) is 23.9 Å². The third kappa shape index (κ3) is 6.87. The largest absolute Gasteiger partial charge is 0.380 e. The van der Waals surface area contributed by atoms with E-state index in [0.717, 1.165) is 17.2 Å². The van der Waals surface area contributed by atoms with Crippen LogP contribution in [0.2, 0.25) is 0 Å². The number of hydrogen-bond donors (Lipinski definition) is 1. The van der Waals surface area contributed by atoms with Crippen LogP contribution >= 0.6 is 11.3 Å². The summed E-state index contributed by atoms with van der Waals surface area (Å²) in [6, 6.07) is 7.76. The Hall–Kier alpha value is -2.27. The predicted octanol–water partition coefficient (Wildman–Crippen LogP) is 2.88. The monoisotopic (exact) mass is 345 g/mol. The molecular formula is C17H23N5OS. The number of ether oxygens (including phenoxy) is 1. The molecule has 128 valence electrons. The van der Waals surface area contributed by atoms with Crippen molar-refractivity contribution < 1.29 is 4.74 Å². The van der Waals surface area contributed by atoms with Crippen LogP contribution < -0.4 is 5.73 Å². The van der Waals surface area contributed by atoms with Crippen LogP contribution in [0.5, 0.6) is 0 Å². The first-order valence-corrected chi connectivity index (χ1v) is 8.42. The minimum Gasteiger partial charge on any atom is -0.380 e. The highest BCUT2D eigenvalue weighted by Gasteiger charge is 2.05. The van der Waals surface area contributed by atoms with Gasteiger partial charge in [-0.15, -0.1) is 11.3 Å². The number of aliphatic imine (C=N–C) groups is 1. The lowest BCUT2D eigenvalue weighted by Crippen LogP contribution is -2.07. The van der Waals surface area contributed by atoms with Gasteiger partial charge in [-0.2, -0.15) is 5.26 Å². The SMILES string of the molecule is CCOCCN.CN(C)C=Nc1ccc(-c2nccs2)cc1C#N. The van der Waals surface area contributed by atoms with Gasteiger partial charge in [0.1, 0.15) is 11.1 Å². The maximum Gasteiger partial charge on any atom is 0.123 e. The molecule has 0 bridgehead atoms. The van der Waals surface area contributed by atoms with E-state index in [1.807, 2.05) is 49.5 Å². The molecule has 2 rings (SSSR count). The Kier molecular flexibility index (Phi) is 9.31. The van der Waals surface area contributed by atoms with E-state index in [1.165, 1.54) is 0 Å². The van der Waals surface area contributed by atoms with Gasteiger partial charge in [-0.05, 0) is 25.1 Å². The zero-order chi connectivity index (χ0) is 17.8. The minimum absolute atomic E-state index is 0.556. The Labute approximate surface area is 147 Å². The first-order valence-electron chi connectivity index (χ1n) is 7.54. The molecule has 0 unspecified atom stereocenters. The van der Waals surface area contributed by atoms with E-state index in [0.29, 0.717) is 24.4 Å². The summed E-state index contributed by atoms with van der Waals surface area (Å²) in [6.07, 6.45) is 3.43. The van der Waals surface area contributed by atoms with Gasteiger partial charge in [0.05, 0.1) is 24.2 Å². The molecule has 24 heavy (non-hydrogen) atoms. The predicted molar refractivity (Wildman–Crippen MR) is 99.7 cm³/mol. The molecule has 1 heterocycles. The van der Waals surface area contributed by atoms with E-state index < -0.39 is 0 Å². The van der Waals surface area contributed by atoms with Crippen LogP contribution in [0, 0.1) is 11.3 Å². The molecule has 2 N–H and O–H groups in total. The van der Waals surface area contributed by atoms with Crippen LogP contribution in [-0.2, 0) is 4.74 Å². The molecule has 1 aromatic carbocycles. The van der Waals surface area contributed by atoms with Gasteiger partial charge in [0, 0.05) is 44.4 Å². The van der Waals surface area contributed by atoms with Gasteiger partial charge in [0.2, 0.25) is 0 Å². The fourth-order valence-corrected chi connectivity index (χ4v) is 2.28. The normalized spacial score (nSPS) is 10.1. The topological polar surface area (TPSA) is 87.5 Å². The number of hydrogen-bond acceptors (Lipinski definition) is 6. The van der Waals surface area contributed by atoms with Gasteiger partial charge in [-0.3, -0.25) is 0 Å². The molecule has 0 atom stereocenters. The smallest absolute Gasteiger partial charge is 0.123 e. The van der Waals surface area contributed by atoms with Crippen LogP contribution in [0.4, 0.5) is 5.69 Å². The highest BCUT2D eigenvalue weighted by molar-refractivity contribution is 7.13. The van der Waals surface area contributed by atoms with E-state index >= 15 is 0 Å². The molecule has 2 aromatic rings. The Morgan fingerprint density at radius 1 is 1.46 bits per heavy atom. The second kappa shape index (κ2) is 11.3. The van der Waals surface area contributed by atoms with Crippen molar-refractivity contribution in [1.82, 2.24) is 9.88 Å². The lowest BCUT2D eigenvalue weighted by atomic mass is 10.1. The summed E-state index contributed by atoms with van der Waals surface area (Å²) in [4.78, 5) is 10.3. The number of benzene rings is 1. The minimum atomic E-state index is 0.556. The average Bonchev–Trinajstić information content (AvgIpc) is 3.13. The number of thiazole rings is 1. The maximum atomic E-state index is 9.15. The fourth-order valence-electron chi connectivity index (χ4n) is 1.64. The average molecular weight is 345 g/mol. The number of aromatic nitrogens is 1. The second-order valence-corrected chi connectivity index (χ2v) is 5.77. The number of nitrogens with zero attached hydrogens (tertiary/aromatic N) is 4. The molecule has 0 spiro atoms. The maximum absolute atomic E-state index is 9.15. The first-order chi connectivity index (χ1) is 11.6. The second-order valence-electron chi connectivity index (χ2n) is 4.87. The Morgan fingerprint density at radius 2 is 2.25 bits per heavy atom. The summed E-state index contributed by atoms with van der Waals surface area (Å²) in [5, 5.41) is 12.0. The zero-order valence-corrected chi connectivity index (χ0v) is 15.1. The van der Waals surface area contributed by atoms with Crippen molar-refractivity contribution >= 4 is 23.4 Å². The molecule has 0 saturated heterocycles. The lowest BCUT2D eigenvalue weighted by molar-refractivity contribution is 0.155. The van der Waals surface area contributed by atoms with Gasteiger partial charge in [-0.1, -0.05) is 0 Å². The van der Waals surface area contributed by atoms with Crippen molar-refractivity contribution in [3.63, 3.8) is 0 Å². The Morgan fingerprint density at radius 3 is 2.75 bits per heavy atom. The molecule has 6 nitrogen and oxygen atoms in total. The van der Waals surface area contributed by atoms with Crippen LogP contribution in [0.3, 0.4) is 0 Å². The molecule has 0 aliphatic heterocycles. The summed E-state index contributed by atoms with van der Waals surface area (Å²) in [6.45, 7) is 4.05. The van der Waals surface area contributed by atoms with Crippen LogP contribution in [0.15, 0.2) is 34.8 Å². The number of rotatable bonds is 6. The molecule has 0 saturated carbocycles. The Balaban J connectivity index is 0.000000413. The molecule has 0 aliphatic rings. The van der Waals surface area contributed by atoms with Gasteiger partial charge >= 0.3 is 0 Å². The van der Waals surface area contributed by atoms with Crippen LogP contribution in [-0.4, -0.2) is 50.1 Å². The molecule has 0 radical (unpaired) electrons. The summed E-state index contributed by atoms with van der Waals surface area (Å²) < 4.78 is 4.86. The van der Waals surface area contributed by atoms with Gasteiger partial charge < -0.3 is 15.4 Å². The molecule has 0 amide bonds. The van der Waals surface area contributed by atoms with E-state index in [4.69, 9.17) is 15.7 Å². The lowest BCUT2D eigenvalue weighted by Gasteiger charge is -2.04. The van der Waals surface area contributed by atoms with Crippen molar-refractivity contribution in [1.29, 1.82) is 5.26 Å². The summed E-state index contributed by atoms with van der Waals surface area (Å²) in [5.41, 5.74) is 7.27. The summed E-state index contributed by atoms with van der Waals surface area (Å²) in [7, 11) is 3.78. The molecule has 7 heteroatoms. The van der Waals surface area contributed by atoms with Crippen LogP contribution in [0.1, 0.15) is 12.5 Å². The van der Waals surface area contributed by atoms with Gasteiger partial charge in [-0.25, -0.2) is 9.98 Å². The van der Waals surface area contributed by atoms with Crippen molar-refractivity contribution in [2.45, 2.75) is 6.92 Å². The molecule has 0 aliphatic carbocycles. The first kappa shape index (κ1) is 19.8. The third-order valence-corrected chi connectivity index (χ3v) is 3.51. The Bertz CT molecular complexity index is 658. The summed E-state index contributed by atoms with van der Waals surface area (Å²) in [5.74, 6) is 0. The van der Waals surface area contributed by atoms with Crippen molar-refractivity contribution in [2.75, 3.05) is 33.9 Å². The molecule has 0 fully saturated rings. The van der Waals surface area contributed by atoms with Gasteiger partial charge in [0.15, 0.2) is 0 Å². The van der Waals surface area contributed by atoms with Crippen LogP contribution in [0.25, 0.3) is 10.6 Å². The molecular weight excluding hydrogens is 322 g/mol. The quantitative estimate of drug-likeness (QED) is 0.494. The zero-order valence-electron chi connectivity index (χ0n) is 14.3. The van der Waals surface area contributed by atoms with Gasteiger partial charge in [0.25, 0.3) is 0 Å². The van der Waals surface area contributed by atoms with Crippen molar-refractivity contribution in [3.8, 4) is 16.6 Å². The number of nitrogens with two attached hydrogens (primary N) is 1. The van der Waals surface area contributed by atoms with Crippen molar-refractivity contribution in [2.24, 2.45) is 10.7 Å². The number of nitriles is 1. The van der Waals surface area contributed by atoms with E-state index in [9.17, 15) is 0 Å². The summed E-state index contributed by atoms with van der Waals surface area (Å²) >= 11 is 1.55. The highest BCUT2D eigenvalue weighted by atomic mass is 32.1. The fraction of sp³-hybridized carbons (Fsp3) is 0.353. The van der Waals surface area contributed by atoms with E-state index in [-0.39, 0.29) is 0 Å². The standard InChI is InChI=1S/C13H12N4S.C4H11NO/c1-17(2)9-16-12-4-3-10(7-11(12)8-14)13-15-5-6-18-13;1-2-6-4-3-5/h3-7,9H,1-2H3;2-5H2,1H3. The molecule has 1 aromatic heterocycles. The third-order valence-electron chi connectivity index (χ3n) is 2.69. The highest BCUT2D eigenvalue weighted by Crippen LogP contribution is 2.27. The van der Waals surface area contributed by atoms with Crippen molar-refractivity contribution in [3.05, 3.63) is 35.3 Å². The van der Waals surface area contributed by atoms with E-state index in [2.05, 4.69) is 16.0 Å².